The number of rotatable bonds is 3. The van der Waals surface area contributed by atoms with Crippen LogP contribution in [0.25, 0.3) is 11.3 Å². The third-order valence-corrected chi connectivity index (χ3v) is 5.13. The van der Waals surface area contributed by atoms with E-state index in [0.29, 0.717) is 5.56 Å². The Kier molecular flexibility index (Phi) is 4.62. The maximum Gasteiger partial charge on any atom is 0.254 e. The number of carbonyl (C=O) groups excluding carboxylic acids is 1. The first-order valence-electron chi connectivity index (χ1n) is 9.21. The predicted octanol–water partition coefficient (Wildman–Crippen LogP) is 2.45. The van der Waals surface area contributed by atoms with Gasteiger partial charge in [0.15, 0.2) is 0 Å². The fraction of sp³-hybridized carbons (Fsp3) is 0.286. The van der Waals surface area contributed by atoms with E-state index < -0.39 is 0 Å². The molecule has 0 spiro atoms. The van der Waals surface area contributed by atoms with Crippen LogP contribution in [-0.2, 0) is 19.9 Å². The van der Waals surface area contributed by atoms with Crippen LogP contribution < -0.4 is 10.2 Å². The van der Waals surface area contributed by atoms with Crippen LogP contribution in [0.4, 0.5) is 5.82 Å². The van der Waals surface area contributed by atoms with Gasteiger partial charge in [-0.2, -0.15) is 5.10 Å². The van der Waals surface area contributed by atoms with Gasteiger partial charge in [-0.15, -0.1) is 0 Å². The van der Waals surface area contributed by atoms with Crippen molar-refractivity contribution >= 4 is 11.7 Å². The second kappa shape index (κ2) is 7.23. The molecule has 3 aromatic rings. The highest BCUT2D eigenvalue weighted by atomic mass is 16.1. The smallest absolute Gasteiger partial charge is 0.254 e. The molecule has 4 rings (SSSR count). The Bertz CT molecular complexity index is 964. The Morgan fingerprint density at radius 3 is 2.63 bits per heavy atom. The lowest BCUT2D eigenvalue weighted by Crippen LogP contribution is -2.30. The van der Waals surface area contributed by atoms with Crippen molar-refractivity contribution in [2.45, 2.75) is 12.8 Å². The van der Waals surface area contributed by atoms with Gasteiger partial charge in [-0.25, -0.2) is 4.98 Å². The zero-order valence-electron chi connectivity index (χ0n) is 15.6. The predicted molar refractivity (Wildman–Crippen MR) is 106 cm³/mol. The largest absolute Gasteiger partial charge is 0.355 e. The van der Waals surface area contributed by atoms with Crippen molar-refractivity contribution in [1.29, 1.82) is 0 Å². The molecule has 0 saturated heterocycles. The summed E-state index contributed by atoms with van der Waals surface area (Å²) in [5.41, 5.74) is 5.37. The van der Waals surface area contributed by atoms with Crippen LogP contribution in [0, 0.1) is 0 Å². The summed E-state index contributed by atoms with van der Waals surface area (Å²) in [4.78, 5) is 18.9. The van der Waals surface area contributed by atoms with Crippen molar-refractivity contribution in [3.05, 3.63) is 65.5 Å². The lowest BCUT2D eigenvalue weighted by molar-refractivity contribution is 0.0963. The van der Waals surface area contributed by atoms with E-state index in [1.54, 1.807) is 19.3 Å². The number of pyridine rings is 1. The molecule has 3 heterocycles. The maximum absolute atomic E-state index is 12.2. The zero-order chi connectivity index (χ0) is 18.8. The molecule has 0 saturated carbocycles. The Morgan fingerprint density at radius 2 is 1.85 bits per heavy atom. The molecule has 1 aliphatic heterocycles. The molecule has 138 valence electrons. The first-order chi connectivity index (χ1) is 13.2. The number of aromatic nitrogens is 3. The molecule has 1 aromatic carbocycles. The van der Waals surface area contributed by atoms with Gasteiger partial charge in [0.2, 0.25) is 0 Å². The molecule has 2 aromatic heterocycles. The molecule has 0 unspecified atom stereocenters. The number of nitrogens with one attached hydrogen (secondary N) is 1. The molecule has 6 heteroatoms. The van der Waals surface area contributed by atoms with Crippen molar-refractivity contribution in [1.82, 2.24) is 20.1 Å². The first kappa shape index (κ1) is 17.3. The van der Waals surface area contributed by atoms with E-state index in [0.717, 1.165) is 43.0 Å². The highest BCUT2D eigenvalue weighted by molar-refractivity contribution is 5.98. The lowest BCUT2D eigenvalue weighted by Gasteiger charge is -2.23. The standard InChI is InChI=1S/C21H23N5O/c1-22-21(27)17-9-6-12-23-20(17)26-13-10-16-18(11-14-26)25(2)24-19(16)15-7-4-3-5-8-15/h3-9,12H,10-11,13-14H2,1-2H3,(H,22,27). The van der Waals surface area contributed by atoms with Gasteiger partial charge in [0.25, 0.3) is 5.91 Å². The van der Waals surface area contributed by atoms with Gasteiger partial charge >= 0.3 is 0 Å². The van der Waals surface area contributed by atoms with E-state index in [1.807, 2.05) is 36.0 Å². The zero-order valence-corrected chi connectivity index (χ0v) is 15.6. The van der Waals surface area contributed by atoms with Crippen LogP contribution in [0.2, 0.25) is 0 Å². The number of nitrogens with zero attached hydrogens (tertiary/aromatic N) is 4. The summed E-state index contributed by atoms with van der Waals surface area (Å²) in [6.07, 6.45) is 3.49. The topological polar surface area (TPSA) is 63.1 Å². The number of hydrogen-bond acceptors (Lipinski definition) is 4. The average molecular weight is 361 g/mol. The number of fused-ring (bicyclic) bond motifs is 1. The Hall–Kier alpha value is -3.15. The molecular weight excluding hydrogens is 338 g/mol. The monoisotopic (exact) mass is 361 g/mol. The SMILES string of the molecule is CNC(=O)c1cccnc1N1CCc2c(-c3ccccc3)nn(C)c2CC1. The minimum atomic E-state index is -0.105. The number of carbonyl (C=O) groups is 1. The van der Waals surface area contributed by atoms with E-state index in [4.69, 9.17) is 5.10 Å². The number of anilines is 1. The van der Waals surface area contributed by atoms with Crippen LogP contribution in [0.3, 0.4) is 0 Å². The van der Waals surface area contributed by atoms with E-state index in [2.05, 4.69) is 27.3 Å². The highest BCUT2D eigenvalue weighted by Gasteiger charge is 2.24. The van der Waals surface area contributed by atoms with E-state index in [9.17, 15) is 4.79 Å². The number of amides is 1. The molecule has 0 atom stereocenters. The fourth-order valence-corrected chi connectivity index (χ4v) is 3.78. The fourth-order valence-electron chi connectivity index (χ4n) is 3.78. The molecule has 1 aliphatic rings. The van der Waals surface area contributed by atoms with Gasteiger partial charge in [-0.05, 0) is 18.6 Å². The Balaban J connectivity index is 1.67. The minimum absolute atomic E-state index is 0.105. The van der Waals surface area contributed by atoms with Gasteiger partial charge in [0.1, 0.15) is 5.82 Å². The molecule has 0 aliphatic carbocycles. The summed E-state index contributed by atoms with van der Waals surface area (Å²) >= 11 is 0. The minimum Gasteiger partial charge on any atom is -0.355 e. The normalized spacial score (nSPS) is 13.8. The first-order valence-corrected chi connectivity index (χ1v) is 9.21. The summed E-state index contributed by atoms with van der Waals surface area (Å²) in [6, 6.07) is 14.0. The third kappa shape index (κ3) is 3.18. The second-order valence-corrected chi connectivity index (χ2v) is 6.70. The van der Waals surface area contributed by atoms with Gasteiger partial charge < -0.3 is 10.2 Å². The van der Waals surface area contributed by atoms with Crippen molar-refractivity contribution in [3.63, 3.8) is 0 Å². The average Bonchev–Trinajstić information content (AvgIpc) is 2.89. The van der Waals surface area contributed by atoms with Crippen molar-refractivity contribution in [2.24, 2.45) is 7.05 Å². The molecule has 0 radical (unpaired) electrons. The Labute approximate surface area is 158 Å². The van der Waals surface area contributed by atoms with Crippen LogP contribution >= 0.6 is 0 Å². The third-order valence-electron chi connectivity index (χ3n) is 5.13. The van der Waals surface area contributed by atoms with Crippen molar-refractivity contribution in [3.8, 4) is 11.3 Å². The van der Waals surface area contributed by atoms with E-state index in [-0.39, 0.29) is 5.91 Å². The molecule has 0 bridgehead atoms. The molecular formula is C21H23N5O. The molecule has 1 amide bonds. The van der Waals surface area contributed by atoms with Crippen molar-refractivity contribution in [2.75, 3.05) is 25.0 Å². The maximum atomic E-state index is 12.2. The molecule has 1 N–H and O–H groups in total. The van der Waals surface area contributed by atoms with Crippen LogP contribution in [0.5, 0.6) is 0 Å². The van der Waals surface area contributed by atoms with Crippen LogP contribution in [-0.4, -0.2) is 40.8 Å². The Morgan fingerprint density at radius 1 is 1.07 bits per heavy atom. The second-order valence-electron chi connectivity index (χ2n) is 6.70. The van der Waals surface area contributed by atoms with Gasteiger partial charge in [-0.3, -0.25) is 9.48 Å². The number of benzene rings is 1. The van der Waals surface area contributed by atoms with E-state index in [1.165, 1.54) is 11.3 Å². The summed E-state index contributed by atoms with van der Waals surface area (Å²) in [6.45, 7) is 1.61. The highest BCUT2D eigenvalue weighted by Crippen LogP contribution is 2.29. The van der Waals surface area contributed by atoms with Crippen LogP contribution in [0.1, 0.15) is 21.6 Å². The quantitative estimate of drug-likeness (QED) is 0.778. The van der Waals surface area contributed by atoms with E-state index >= 15 is 0 Å². The number of hydrogen-bond donors (Lipinski definition) is 1. The summed E-state index contributed by atoms with van der Waals surface area (Å²) in [7, 11) is 3.66. The molecule has 6 nitrogen and oxygen atoms in total. The molecule has 0 fully saturated rings. The van der Waals surface area contributed by atoms with Gasteiger partial charge in [0, 0.05) is 56.6 Å². The number of aryl methyl sites for hydroxylation is 1. The summed E-state index contributed by atoms with van der Waals surface area (Å²) in [5.74, 6) is 0.644. The molecule has 27 heavy (non-hydrogen) atoms. The van der Waals surface area contributed by atoms with Crippen LogP contribution in [0.15, 0.2) is 48.7 Å². The van der Waals surface area contributed by atoms with Crippen molar-refractivity contribution < 1.29 is 4.79 Å². The van der Waals surface area contributed by atoms with Gasteiger partial charge in [-0.1, -0.05) is 30.3 Å². The lowest BCUT2D eigenvalue weighted by atomic mass is 10.0. The summed E-state index contributed by atoms with van der Waals surface area (Å²) < 4.78 is 2.00. The summed E-state index contributed by atoms with van der Waals surface area (Å²) in [5, 5.41) is 7.49. The van der Waals surface area contributed by atoms with Gasteiger partial charge in [0.05, 0.1) is 11.3 Å².